The number of rotatable bonds is 3. The molecule has 0 aliphatic heterocycles. The number of hydrogen-bond donors (Lipinski definition) is 0. The molecule has 2 aliphatic carbocycles. The van der Waals surface area contributed by atoms with Gasteiger partial charge in [-0.3, -0.25) is 9.59 Å². The Labute approximate surface area is 156 Å². The van der Waals surface area contributed by atoms with Crippen LogP contribution in [0.3, 0.4) is 0 Å². The molecule has 0 aromatic heterocycles. The van der Waals surface area contributed by atoms with E-state index in [9.17, 15) is 9.59 Å². The highest BCUT2D eigenvalue weighted by Gasteiger charge is 2.46. The zero-order valence-corrected chi connectivity index (χ0v) is 16.6. The number of fused-ring (bicyclic) bond motifs is 1. The van der Waals surface area contributed by atoms with E-state index in [0.717, 1.165) is 43.2 Å². The number of allylic oxidation sites excluding steroid dienone is 2. The molecule has 140 valence electrons. The van der Waals surface area contributed by atoms with Crippen LogP contribution in [0, 0.1) is 24.2 Å². The van der Waals surface area contributed by atoms with Gasteiger partial charge in [-0.1, -0.05) is 43.5 Å². The summed E-state index contributed by atoms with van der Waals surface area (Å²) in [5.74, 6) is 0.591. The van der Waals surface area contributed by atoms with Crippen LogP contribution in [0.2, 0.25) is 0 Å². The number of carbonyl (C=O) groups is 2. The lowest BCUT2D eigenvalue weighted by atomic mass is 9.80. The van der Waals surface area contributed by atoms with E-state index in [-0.39, 0.29) is 23.6 Å². The Kier molecular flexibility index (Phi) is 5.09. The van der Waals surface area contributed by atoms with E-state index in [1.165, 1.54) is 5.56 Å². The molecule has 0 amide bonds. The molecule has 1 aromatic rings. The van der Waals surface area contributed by atoms with Gasteiger partial charge in [-0.25, -0.2) is 0 Å². The standard InChI is InChI=1S/C23H30O3/c1-6-15-13-14(2)11-12-16(15)19-20(24)17-9-7-8-10-18(17)21(19)26-22(25)23(3,4)5/h11-13,17-18H,6-10H2,1-5H3. The third kappa shape index (κ3) is 3.36. The van der Waals surface area contributed by atoms with Crippen molar-refractivity contribution in [1.29, 1.82) is 0 Å². The topological polar surface area (TPSA) is 43.4 Å². The maximum absolute atomic E-state index is 13.3. The number of ether oxygens (including phenoxy) is 1. The molecule has 3 nitrogen and oxygen atoms in total. The zero-order chi connectivity index (χ0) is 19.1. The smallest absolute Gasteiger partial charge is 0.316 e. The summed E-state index contributed by atoms with van der Waals surface area (Å²) in [6.45, 7) is 9.73. The van der Waals surface area contributed by atoms with Gasteiger partial charge >= 0.3 is 5.97 Å². The molecule has 0 saturated heterocycles. The van der Waals surface area contributed by atoms with Gasteiger partial charge in [-0.15, -0.1) is 0 Å². The quantitative estimate of drug-likeness (QED) is 0.697. The van der Waals surface area contributed by atoms with E-state index in [1.54, 1.807) is 0 Å². The van der Waals surface area contributed by atoms with Gasteiger partial charge in [0.25, 0.3) is 0 Å². The van der Waals surface area contributed by atoms with Crippen molar-refractivity contribution in [2.24, 2.45) is 17.3 Å². The molecule has 3 rings (SSSR count). The van der Waals surface area contributed by atoms with Crippen molar-refractivity contribution < 1.29 is 14.3 Å². The van der Waals surface area contributed by atoms with Crippen molar-refractivity contribution in [3.8, 4) is 0 Å². The van der Waals surface area contributed by atoms with Crippen LogP contribution < -0.4 is 0 Å². The molecule has 0 bridgehead atoms. The molecule has 0 spiro atoms. The molecular formula is C23H30O3. The second kappa shape index (κ2) is 7.02. The van der Waals surface area contributed by atoms with Crippen LogP contribution in [-0.4, -0.2) is 11.8 Å². The highest BCUT2D eigenvalue weighted by molar-refractivity contribution is 6.25. The lowest BCUT2D eigenvalue weighted by Gasteiger charge is -2.27. The van der Waals surface area contributed by atoms with Gasteiger partial charge in [0.15, 0.2) is 5.78 Å². The fourth-order valence-electron chi connectivity index (χ4n) is 4.15. The normalized spacial score (nSPS) is 23.2. The fourth-order valence-corrected chi connectivity index (χ4v) is 4.15. The molecule has 2 unspecified atom stereocenters. The van der Waals surface area contributed by atoms with E-state index in [2.05, 4.69) is 19.9 Å². The van der Waals surface area contributed by atoms with E-state index in [1.807, 2.05) is 32.9 Å². The largest absolute Gasteiger partial charge is 0.430 e. The van der Waals surface area contributed by atoms with Crippen LogP contribution in [0.25, 0.3) is 5.57 Å². The Balaban J connectivity index is 2.13. The van der Waals surface area contributed by atoms with Crippen LogP contribution in [0.5, 0.6) is 0 Å². The predicted molar refractivity (Wildman–Crippen MR) is 103 cm³/mol. The van der Waals surface area contributed by atoms with Crippen molar-refractivity contribution >= 4 is 17.3 Å². The molecule has 1 fully saturated rings. The van der Waals surface area contributed by atoms with Gasteiger partial charge in [0.05, 0.1) is 11.0 Å². The molecule has 2 atom stereocenters. The van der Waals surface area contributed by atoms with Crippen molar-refractivity contribution in [1.82, 2.24) is 0 Å². The van der Waals surface area contributed by atoms with E-state index < -0.39 is 5.41 Å². The van der Waals surface area contributed by atoms with Crippen LogP contribution in [-0.2, 0) is 20.7 Å². The summed E-state index contributed by atoms with van der Waals surface area (Å²) in [6, 6.07) is 6.21. The zero-order valence-electron chi connectivity index (χ0n) is 16.6. The van der Waals surface area contributed by atoms with Crippen molar-refractivity contribution in [2.75, 3.05) is 0 Å². The Bertz CT molecular complexity index is 764. The van der Waals surface area contributed by atoms with Gasteiger partial charge in [-0.2, -0.15) is 0 Å². The predicted octanol–water partition coefficient (Wildman–Crippen LogP) is 5.25. The molecule has 0 N–H and O–H groups in total. The second-order valence-corrected chi connectivity index (χ2v) is 8.75. The summed E-state index contributed by atoms with van der Waals surface area (Å²) in [5.41, 5.74) is 3.36. The monoisotopic (exact) mass is 354 g/mol. The molecule has 26 heavy (non-hydrogen) atoms. The van der Waals surface area contributed by atoms with Gasteiger partial charge in [0.2, 0.25) is 0 Å². The number of carbonyl (C=O) groups excluding carboxylic acids is 2. The Morgan fingerprint density at radius 3 is 2.42 bits per heavy atom. The van der Waals surface area contributed by atoms with Crippen molar-refractivity contribution in [2.45, 2.75) is 66.7 Å². The first-order valence-electron chi connectivity index (χ1n) is 9.84. The molecule has 0 radical (unpaired) electrons. The third-order valence-electron chi connectivity index (χ3n) is 5.66. The highest BCUT2D eigenvalue weighted by Crippen LogP contribution is 2.48. The Hall–Kier alpha value is -1.90. The number of esters is 1. The minimum absolute atomic E-state index is 0.0208. The molecule has 1 saturated carbocycles. The summed E-state index contributed by atoms with van der Waals surface area (Å²) >= 11 is 0. The van der Waals surface area contributed by atoms with Gasteiger partial charge < -0.3 is 4.74 Å². The van der Waals surface area contributed by atoms with Gasteiger partial charge in [0.1, 0.15) is 5.76 Å². The van der Waals surface area contributed by atoms with E-state index in [4.69, 9.17) is 4.74 Å². The number of Topliss-reactive ketones (excluding diaryl/α,β-unsaturated/α-hetero) is 1. The number of ketones is 1. The average molecular weight is 354 g/mol. The summed E-state index contributed by atoms with van der Waals surface area (Å²) in [5, 5.41) is 0. The summed E-state index contributed by atoms with van der Waals surface area (Å²) in [7, 11) is 0. The first kappa shape index (κ1) is 18.9. The molecule has 1 aromatic carbocycles. The molecular weight excluding hydrogens is 324 g/mol. The minimum atomic E-state index is -0.589. The SMILES string of the molecule is CCc1cc(C)ccc1C1=C(OC(=O)C(C)(C)C)C2CCCCC2C1=O. The average Bonchev–Trinajstić information content (AvgIpc) is 2.87. The van der Waals surface area contributed by atoms with Crippen LogP contribution in [0.1, 0.15) is 70.1 Å². The Morgan fingerprint density at radius 2 is 1.81 bits per heavy atom. The van der Waals surface area contributed by atoms with Crippen LogP contribution >= 0.6 is 0 Å². The number of hydrogen-bond acceptors (Lipinski definition) is 3. The fraction of sp³-hybridized carbons (Fsp3) is 0.565. The maximum atomic E-state index is 13.3. The van der Waals surface area contributed by atoms with E-state index >= 15 is 0 Å². The number of benzene rings is 1. The maximum Gasteiger partial charge on any atom is 0.316 e. The lowest BCUT2D eigenvalue weighted by Crippen LogP contribution is -2.26. The van der Waals surface area contributed by atoms with Crippen LogP contribution in [0.15, 0.2) is 24.0 Å². The van der Waals surface area contributed by atoms with Crippen LogP contribution in [0.4, 0.5) is 0 Å². The molecule has 3 heteroatoms. The molecule has 0 heterocycles. The summed E-state index contributed by atoms with van der Waals surface area (Å²) in [4.78, 5) is 25.9. The summed E-state index contributed by atoms with van der Waals surface area (Å²) in [6.07, 6.45) is 4.85. The second-order valence-electron chi connectivity index (χ2n) is 8.75. The molecule has 2 aliphatic rings. The number of aryl methyl sites for hydroxylation is 2. The van der Waals surface area contributed by atoms with Crippen molar-refractivity contribution in [3.63, 3.8) is 0 Å². The van der Waals surface area contributed by atoms with Crippen molar-refractivity contribution in [3.05, 3.63) is 40.6 Å². The first-order chi connectivity index (χ1) is 12.2. The van der Waals surface area contributed by atoms with Gasteiger partial charge in [-0.05, 0) is 58.1 Å². The summed E-state index contributed by atoms with van der Waals surface area (Å²) < 4.78 is 5.93. The van der Waals surface area contributed by atoms with Gasteiger partial charge in [0, 0.05) is 11.8 Å². The Morgan fingerprint density at radius 1 is 1.15 bits per heavy atom. The minimum Gasteiger partial charge on any atom is -0.430 e. The third-order valence-corrected chi connectivity index (χ3v) is 5.66. The lowest BCUT2D eigenvalue weighted by molar-refractivity contribution is -0.149. The van der Waals surface area contributed by atoms with E-state index in [0.29, 0.717) is 11.3 Å². The highest BCUT2D eigenvalue weighted by atomic mass is 16.5. The first-order valence-corrected chi connectivity index (χ1v) is 9.84.